The maximum absolute atomic E-state index is 13.3. The van der Waals surface area contributed by atoms with Crippen LogP contribution < -0.4 is 0 Å². The molecular weight excluding hydrogens is 616 g/mol. The van der Waals surface area contributed by atoms with Gasteiger partial charge in [-0.05, 0) is 44.9 Å². The number of aliphatic hydroxyl groups is 2. The molecule has 13 nitrogen and oxygen atoms in total. The van der Waals surface area contributed by atoms with Crippen LogP contribution in [0.15, 0.2) is 23.8 Å². The highest BCUT2D eigenvalue weighted by molar-refractivity contribution is 5.89. The number of hydrogen-bond acceptors (Lipinski definition) is 13. The maximum Gasteiger partial charge on any atom is 0.342 e. The van der Waals surface area contributed by atoms with Crippen LogP contribution in [0.5, 0.6) is 0 Å². The van der Waals surface area contributed by atoms with E-state index >= 15 is 0 Å². The minimum atomic E-state index is -2.09. The Morgan fingerprint density at radius 1 is 0.894 bits per heavy atom. The SMILES string of the molecule is CCCCCCCC(=O)O[C@H]1/C(C)=C\[C@@H]2OC(=O)[C@]3(C)O[C@]23[C@H](OC(C)=O)[C@H]2[C@](C)(O)[C@H](OC(C)=O)C=C[C@]2(C)[C@@H](OC(C)=O)[C@@H]1O. The fraction of sp³-hybridized carbons (Fsp3) is 0.735. The van der Waals surface area contributed by atoms with Gasteiger partial charge in [0.25, 0.3) is 0 Å². The molecule has 262 valence electrons. The van der Waals surface area contributed by atoms with E-state index in [1.807, 2.05) is 0 Å². The molecule has 0 saturated carbocycles. The van der Waals surface area contributed by atoms with Crippen molar-refractivity contribution in [2.24, 2.45) is 11.3 Å². The topological polar surface area (TPSA) is 184 Å². The summed E-state index contributed by atoms with van der Waals surface area (Å²) >= 11 is 0. The number of unbranched alkanes of at least 4 members (excludes halogenated alkanes) is 4. The van der Waals surface area contributed by atoms with Crippen molar-refractivity contribution in [2.75, 3.05) is 0 Å². The summed E-state index contributed by atoms with van der Waals surface area (Å²) < 4.78 is 35.0. The molecule has 0 aromatic rings. The quantitative estimate of drug-likeness (QED) is 0.114. The number of epoxide rings is 1. The van der Waals surface area contributed by atoms with E-state index in [2.05, 4.69) is 6.92 Å². The molecule has 13 heteroatoms. The van der Waals surface area contributed by atoms with Crippen molar-refractivity contribution >= 4 is 29.8 Å². The van der Waals surface area contributed by atoms with E-state index in [0.29, 0.717) is 6.42 Å². The summed E-state index contributed by atoms with van der Waals surface area (Å²) in [4.78, 5) is 64.0. The second-order valence-electron chi connectivity index (χ2n) is 13.7. The first-order chi connectivity index (χ1) is 21.9. The second kappa shape index (κ2) is 13.3. The fourth-order valence-electron chi connectivity index (χ4n) is 7.77. The second-order valence-corrected chi connectivity index (χ2v) is 13.7. The Morgan fingerprint density at radius 3 is 2.06 bits per heavy atom. The Kier molecular flexibility index (Phi) is 10.4. The van der Waals surface area contributed by atoms with Crippen molar-refractivity contribution < 1.29 is 62.6 Å². The summed E-state index contributed by atoms with van der Waals surface area (Å²) in [6.07, 6.45) is 0.195. The first-order valence-corrected chi connectivity index (χ1v) is 16.3. The fourth-order valence-corrected chi connectivity index (χ4v) is 7.77. The lowest BCUT2D eigenvalue weighted by molar-refractivity contribution is -0.230. The zero-order valence-electron chi connectivity index (χ0n) is 28.4. The molecule has 1 spiro atoms. The van der Waals surface area contributed by atoms with E-state index < -0.39 is 94.6 Å². The summed E-state index contributed by atoms with van der Waals surface area (Å²) in [7, 11) is 0. The number of esters is 5. The summed E-state index contributed by atoms with van der Waals surface area (Å²) in [6, 6.07) is 0. The van der Waals surface area contributed by atoms with Crippen molar-refractivity contribution in [3.63, 3.8) is 0 Å². The molecule has 2 heterocycles. The Morgan fingerprint density at radius 2 is 1.49 bits per heavy atom. The normalized spacial score (nSPS) is 41.5. The number of aliphatic hydroxyl groups excluding tert-OH is 1. The lowest BCUT2D eigenvalue weighted by Gasteiger charge is -2.55. The number of ether oxygens (including phenoxy) is 6. The number of carbonyl (C=O) groups excluding carboxylic acids is 5. The molecular formula is C34H48O13. The lowest BCUT2D eigenvalue weighted by atomic mass is 9.55. The van der Waals surface area contributed by atoms with Crippen LogP contribution in [-0.2, 0) is 52.4 Å². The van der Waals surface area contributed by atoms with Gasteiger partial charge in [-0.2, -0.15) is 0 Å². The van der Waals surface area contributed by atoms with Crippen molar-refractivity contribution in [1.29, 1.82) is 0 Å². The van der Waals surface area contributed by atoms with Crippen molar-refractivity contribution in [1.82, 2.24) is 0 Å². The molecule has 2 aliphatic carbocycles. The van der Waals surface area contributed by atoms with E-state index in [1.54, 1.807) is 13.8 Å². The van der Waals surface area contributed by atoms with Crippen LogP contribution in [0.4, 0.5) is 0 Å². The molecule has 2 aliphatic heterocycles. The predicted molar refractivity (Wildman–Crippen MR) is 163 cm³/mol. The van der Waals surface area contributed by atoms with Crippen molar-refractivity contribution in [3.8, 4) is 0 Å². The number of carbonyl (C=O) groups is 5. The standard InChI is InChI=1S/C34H48O13/c1-9-10-11-12-13-14-24(38)46-26-18(2)17-23-34(33(8,47-34)30(40)45-23)29(44-21(5)37)27-31(6,28(25(26)39)43-20(4)36)16-15-22(32(27,7)41)42-19(3)35/h15-17,22-23,25-29,39,41H,9-14H2,1-8H3/b18-17-/t22-,23+,25-,26+,27-,28+,29-,31+,32-,33+,34+/m1/s1. The van der Waals surface area contributed by atoms with Crippen LogP contribution in [0, 0.1) is 11.3 Å². The van der Waals surface area contributed by atoms with Gasteiger partial charge in [-0.3, -0.25) is 19.2 Å². The molecule has 4 rings (SSSR count). The van der Waals surface area contributed by atoms with Gasteiger partial charge in [-0.15, -0.1) is 0 Å². The van der Waals surface area contributed by atoms with Gasteiger partial charge >= 0.3 is 29.8 Å². The molecule has 0 amide bonds. The number of hydrogen-bond donors (Lipinski definition) is 2. The van der Waals surface area contributed by atoms with E-state index in [9.17, 15) is 34.2 Å². The molecule has 0 unspecified atom stereocenters. The van der Waals surface area contributed by atoms with Gasteiger partial charge in [-0.1, -0.05) is 45.6 Å². The smallest absolute Gasteiger partial charge is 0.342 e. The van der Waals surface area contributed by atoms with Gasteiger partial charge < -0.3 is 38.6 Å². The maximum atomic E-state index is 13.3. The van der Waals surface area contributed by atoms with Crippen molar-refractivity contribution in [3.05, 3.63) is 23.8 Å². The van der Waals surface area contributed by atoms with E-state index in [4.69, 9.17) is 28.4 Å². The average molecular weight is 665 g/mol. The third-order valence-electron chi connectivity index (χ3n) is 10.1. The highest BCUT2D eigenvalue weighted by Gasteiger charge is 2.88. The zero-order valence-corrected chi connectivity index (χ0v) is 28.4. The Bertz CT molecular complexity index is 1330. The molecule has 2 N–H and O–H groups in total. The Balaban J connectivity index is 1.93. The molecule has 0 radical (unpaired) electrons. The van der Waals surface area contributed by atoms with Gasteiger partial charge in [-0.25, -0.2) is 4.79 Å². The Hall–Kier alpha value is -3.29. The van der Waals surface area contributed by atoms with Crippen molar-refractivity contribution in [2.45, 2.75) is 147 Å². The molecule has 0 bridgehead atoms. The number of fused-ring (bicyclic) bond motifs is 1. The number of rotatable bonds is 10. The monoisotopic (exact) mass is 664 g/mol. The van der Waals surface area contributed by atoms with E-state index in [-0.39, 0.29) is 12.0 Å². The van der Waals surface area contributed by atoms with Gasteiger partial charge in [0.15, 0.2) is 23.4 Å². The molecule has 2 fully saturated rings. The molecule has 0 aromatic carbocycles. The van der Waals surface area contributed by atoms with Gasteiger partial charge in [0.05, 0.1) is 0 Å². The third kappa shape index (κ3) is 6.46. The molecule has 0 aromatic heterocycles. The zero-order chi connectivity index (χ0) is 35.1. The largest absolute Gasteiger partial charge is 0.459 e. The highest BCUT2D eigenvalue weighted by atomic mass is 16.7. The van der Waals surface area contributed by atoms with Crippen LogP contribution >= 0.6 is 0 Å². The van der Waals surface area contributed by atoms with Crippen LogP contribution in [0.25, 0.3) is 0 Å². The lowest BCUT2D eigenvalue weighted by Crippen LogP contribution is -2.69. The summed E-state index contributed by atoms with van der Waals surface area (Å²) in [5, 5.41) is 24.4. The van der Waals surface area contributed by atoms with Gasteiger partial charge in [0, 0.05) is 38.5 Å². The van der Waals surface area contributed by atoms with Gasteiger partial charge in [0.1, 0.15) is 30.0 Å². The first-order valence-electron chi connectivity index (χ1n) is 16.3. The molecule has 47 heavy (non-hydrogen) atoms. The predicted octanol–water partition coefficient (Wildman–Crippen LogP) is 2.77. The highest BCUT2D eigenvalue weighted by Crippen LogP contribution is 2.65. The van der Waals surface area contributed by atoms with E-state index in [1.165, 1.54) is 32.1 Å². The van der Waals surface area contributed by atoms with Crippen LogP contribution in [-0.4, -0.2) is 93.5 Å². The molecule has 2 saturated heterocycles. The minimum Gasteiger partial charge on any atom is -0.459 e. The summed E-state index contributed by atoms with van der Waals surface area (Å²) in [6.45, 7) is 11.5. The first kappa shape index (κ1) is 36.5. The summed E-state index contributed by atoms with van der Waals surface area (Å²) in [5.41, 5.74) is -6.81. The average Bonchev–Trinajstić information content (AvgIpc) is 3.55. The van der Waals surface area contributed by atoms with Crippen LogP contribution in [0.1, 0.15) is 93.9 Å². The van der Waals surface area contributed by atoms with Crippen LogP contribution in [0.2, 0.25) is 0 Å². The summed E-state index contributed by atoms with van der Waals surface area (Å²) in [5.74, 6) is -5.03. The Labute approximate surface area is 274 Å². The van der Waals surface area contributed by atoms with Crippen LogP contribution in [0.3, 0.4) is 0 Å². The minimum absolute atomic E-state index is 0.0785. The van der Waals surface area contributed by atoms with Gasteiger partial charge in [0.2, 0.25) is 0 Å². The third-order valence-corrected chi connectivity index (χ3v) is 10.1. The molecule has 11 atom stereocenters. The molecule has 4 aliphatic rings. The van der Waals surface area contributed by atoms with E-state index in [0.717, 1.165) is 46.5 Å².